The second-order valence-electron chi connectivity index (χ2n) is 6.32. The molecule has 0 spiro atoms. The Morgan fingerprint density at radius 3 is 2.43 bits per heavy atom. The molecule has 0 N–H and O–H groups in total. The molecule has 0 saturated heterocycles. The predicted octanol–water partition coefficient (Wildman–Crippen LogP) is 7.48. The lowest BCUT2D eigenvalue weighted by atomic mass is 10.0. The summed E-state index contributed by atoms with van der Waals surface area (Å²) in [7, 11) is 0. The van der Waals surface area contributed by atoms with E-state index in [1.807, 2.05) is 72.9 Å². The van der Waals surface area contributed by atoms with E-state index in [-0.39, 0.29) is 0 Å². The van der Waals surface area contributed by atoms with Crippen LogP contribution in [-0.2, 0) is 6.61 Å². The third kappa shape index (κ3) is 4.19. The molecule has 0 aliphatic heterocycles. The van der Waals surface area contributed by atoms with Gasteiger partial charge in [-0.05, 0) is 41.1 Å². The fourth-order valence-electron chi connectivity index (χ4n) is 2.98. The van der Waals surface area contributed by atoms with E-state index in [4.69, 9.17) is 27.9 Å². The molecule has 0 bridgehead atoms. The molecule has 0 atom stereocenters. The molecule has 4 heteroatoms. The molecule has 4 aromatic carbocycles. The molecule has 0 amide bonds. The second-order valence-corrected chi connectivity index (χ2v) is 7.16. The van der Waals surface area contributed by atoms with Crippen molar-refractivity contribution in [2.45, 2.75) is 6.61 Å². The summed E-state index contributed by atoms with van der Waals surface area (Å²) in [5.74, 6) is 0.754. The Morgan fingerprint density at radius 2 is 1.61 bits per heavy atom. The number of fused-ring (bicyclic) bond motifs is 1. The van der Waals surface area contributed by atoms with Crippen LogP contribution in [0.3, 0.4) is 0 Å². The Kier molecular flexibility index (Phi) is 5.61. The van der Waals surface area contributed by atoms with Gasteiger partial charge in [-0.1, -0.05) is 77.8 Å². The standard InChI is InChI=1S/C24H17Cl2NO/c25-19-12-10-18(23(26)14-19)16-28-24-13-11-17-6-4-5-9-21(17)22(24)15-27-20-7-2-1-3-8-20/h1-15H,16H2. The third-order valence-corrected chi connectivity index (χ3v) is 5.01. The van der Waals surface area contributed by atoms with Gasteiger partial charge in [-0.2, -0.15) is 0 Å². The number of benzene rings is 4. The minimum absolute atomic E-state index is 0.348. The first-order chi connectivity index (χ1) is 13.7. The first-order valence-electron chi connectivity index (χ1n) is 8.88. The van der Waals surface area contributed by atoms with Crippen molar-refractivity contribution in [3.8, 4) is 5.75 Å². The number of para-hydroxylation sites is 1. The van der Waals surface area contributed by atoms with Crippen LogP contribution in [0.4, 0.5) is 5.69 Å². The summed E-state index contributed by atoms with van der Waals surface area (Å²) in [6.07, 6.45) is 1.86. The van der Waals surface area contributed by atoms with Gasteiger partial charge < -0.3 is 4.74 Å². The second kappa shape index (κ2) is 8.47. The van der Waals surface area contributed by atoms with E-state index < -0.39 is 0 Å². The van der Waals surface area contributed by atoms with Gasteiger partial charge in [0, 0.05) is 27.4 Å². The van der Waals surface area contributed by atoms with E-state index in [1.54, 1.807) is 6.07 Å². The molecular weight excluding hydrogens is 389 g/mol. The number of hydrogen-bond donors (Lipinski definition) is 0. The Morgan fingerprint density at radius 1 is 0.821 bits per heavy atom. The highest BCUT2D eigenvalue weighted by Gasteiger charge is 2.09. The van der Waals surface area contributed by atoms with Crippen LogP contribution in [-0.4, -0.2) is 6.21 Å². The molecular formula is C24H17Cl2NO. The Bertz CT molecular complexity index is 1140. The minimum atomic E-state index is 0.348. The van der Waals surface area contributed by atoms with Crippen LogP contribution in [0.25, 0.3) is 10.8 Å². The smallest absolute Gasteiger partial charge is 0.129 e. The summed E-state index contributed by atoms with van der Waals surface area (Å²) in [6.45, 7) is 0.348. The molecule has 0 heterocycles. The molecule has 2 nitrogen and oxygen atoms in total. The van der Waals surface area contributed by atoms with E-state index >= 15 is 0 Å². The first-order valence-corrected chi connectivity index (χ1v) is 9.64. The van der Waals surface area contributed by atoms with Crippen molar-refractivity contribution in [2.75, 3.05) is 0 Å². The summed E-state index contributed by atoms with van der Waals surface area (Å²) in [5.41, 5.74) is 2.71. The van der Waals surface area contributed by atoms with E-state index in [9.17, 15) is 0 Å². The van der Waals surface area contributed by atoms with Crippen LogP contribution >= 0.6 is 23.2 Å². The van der Waals surface area contributed by atoms with Crippen LogP contribution in [0.5, 0.6) is 5.75 Å². The maximum atomic E-state index is 6.28. The molecule has 0 aliphatic rings. The fraction of sp³-hybridized carbons (Fsp3) is 0.0417. The normalized spacial score (nSPS) is 11.2. The third-order valence-electron chi connectivity index (χ3n) is 4.43. The van der Waals surface area contributed by atoms with Gasteiger partial charge >= 0.3 is 0 Å². The number of ether oxygens (including phenoxy) is 1. The summed E-state index contributed by atoms with van der Waals surface area (Å²) in [4.78, 5) is 4.62. The number of nitrogens with zero attached hydrogens (tertiary/aromatic N) is 1. The van der Waals surface area contributed by atoms with Gasteiger partial charge in [-0.25, -0.2) is 0 Å². The number of halogens is 2. The van der Waals surface area contributed by atoms with Crippen molar-refractivity contribution in [2.24, 2.45) is 4.99 Å². The quantitative estimate of drug-likeness (QED) is 0.315. The van der Waals surface area contributed by atoms with E-state index in [1.165, 1.54) is 0 Å². The number of rotatable bonds is 5. The average Bonchev–Trinajstić information content (AvgIpc) is 2.72. The lowest BCUT2D eigenvalue weighted by Gasteiger charge is -2.13. The number of aliphatic imine (C=N–C) groups is 1. The summed E-state index contributed by atoms with van der Waals surface area (Å²) in [5, 5.41) is 3.42. The van der Waals surface area contributed by atoms with E-state index in [0.717, 1.165) is 33.3 Å². The van der Waals surface area contributed by atoms with Crippen LogP contribution in [0.2, 0.25) is 10.0 Å². The highest BCUT2D eigenvalue weighted by atomic mass is 35.5. The van der Waals surface area contributed by atoms with Gasteiger partial charge in [0.05, 0.1) is 5.69 Å². The van der Waals surface area contributed by atoms with Gasteiger partial charge in [-0.15, -0.1) is 0 Å². The molecule has 28 heavy (non-hydrogen) atoms. The highest BCUT2D eigenvalue weighted by Crippen LogP contribution is 2.29. The molecule has 0 unspecified atom stereocenters. The first kappa shape index (κ1) is 18.5. The minimum Gasteiger partial charge on any atom is -0.488 e. The van der Waals surface area contributed by atoms with Crippen LogP contribution in [0, 0.1) is 0 Å². The predicted molar refractivity (Wildman–Crippen MR) is 118 cm³/mol. The maximum absolute atomic E-state index is 6.28. The lowest BCUT2D eigenvalue weighted by Crippen LogP contribution is -2.00. The summed E-state index contributed by atoms with van der Waals surface area (Å²) in [6, 6.07) is 27.5. The molecule has 0 fully saturated rings. The van der Waals surface area contributed by atoms with Crippen LogP contribution in [0.15, 0.2) is 89.9 Å². The van der Waals surface area contributed by atoms with Crippen LogP contribution in [0.1, 0.15) is 11.1 Å². The Labute approximate surface area is 174 Å². The molecule has 0 radical (unpaired) electrons. The fourth-order valence-corrected chi connectivity index (χ4v) is 3.45. The molecule has 138 valence electrons. The molecule has 4 rings (SSSR count). The van der Waals surface area contributed by atoms with Crippen molar-refractivity contribution in [1.29, 1.82) is 0 Å². The van der Waals surface area contributed by atoms with Gasteiger partial charge in [0.2, 0.25) is 0 Å². The summed E-state index contributed by atoms with van der Waals surface area (Å²) < 4.78 is 6.12. The van der Waals surface area contributed by atoms with Crippen molar-refractivity contribution >= 4 is 45.9 Å². The molecule has 0 aliphatic carbocycles. The number of hydrogen-bond acceptors (Lipinski definition) is 2. The molecule has 0 saturated carbocycles. The SMILES string of the molecule is Clc1ccc(COc2ccc3ccccc3c2C=Nc2ccccc2)c(Cl)c1. The zero-order chi connectivity index (χ0) is 19.3. The van der Waals surface area contributed by atoms with E-state index in [0.29, 0.717) is 16.7 Å². The zero-order valence-corrected chi connectivity index (χ0v) is 16.5. The van der Waals surface area contributed by atoms with Gasteiger partial charge in [-0.3, -0.25) is 4.99 Å². The zero-order valence-electron chi connectivity index (χ0n) is 15.0. The van der Waals surface area contributed by atoms with Crippen molar-refractivity contribution < 1.29 is 4.74 Å². The highest BCUT2D eigenvalue weighted by molar-refractivity contribution is 6.35. The van der Waals surface area contributed by atoms with Gasteiger partial charge in [0.1, 0.15) is 12.4 Å². The molecule has 4 aromatic rings. The lowest BCUT2D eigenvalue weighted by molar-refractivity contribution is 0.306. The monoisotopic (exact) mass is 405 g/mol. The van der Waals surface area contributed by atoms with Gasteiger partial charge in [0.15, 0.2) is 0 Å². The largest absolute Gasteiger partial charge is 0.488 e. The van der Waals surface area contributed by atoms with Gasteiger partial charge in [0.25, 0.3) is 0 Å². The van der Waals surface area contributed by atoms with E-state index in [2.05, 4.69) is 17.1 Å². The topological polar surface area (TPSA) is 21.6 Å². The van der Waals surface area contributed by atoms with Crippen molar-refractivity contribution in [1.82, 2.24) is 0 Å². The molecule has 0 aromatic heterocycles. The van der Waals surface area contributed by atoms with Crippen molar-refractivity contribution in [3.63, 3.8) is 0 Å². The maximum Gasteiger partial charge on any atom is 0.129 e. The van der Waals surface area contributed by atoms with Crippen molar-refractivity contribution in [3.05, 3.63) is 106 Å². The average molecular weight is 406 g/mol. The summed E-state index contributed by atoms with van der Waals surface area (Å²) >= 11 is 12.3. The van der Waals surface area contributed by atoms with Crippen LogP contribution < -0.4 is 4.74 Å². The Hall–Kier alpha value is -2.81. The Balaban J connectivity index is 1.70.